The van der Waals surface area contributed by atoms with E-state index in [1.807, 2.05) is 0 Å². The molecule has 0 spiro atoms. The molecule has 2 unspecified atom stereocenters. The Kier molecular flexibility index (Phi) is 3.57. The summed E-state index contributed by atoms with van der Waals surface area (Å²) in [7, 11) is 0. The fourth-order valence-corrected chi connectivity index (χ4v) is 2.64. The second-order valence-corrected chi connectivity index (χ2v) is 4.46. The van der Waals surface area contributed by atoms with Crippen LogP contribution in [-0.4, -0.2) is 13.1 Å². The third-order valence-electron chi connectivity index (χ3n) is 3.56. The minimum atomic E-state index is 0.634. The maximum atomic E-state index is 3.50. The molecule has 1 aliphatic rings. The Hall–Kier alpha value is -0.0400. The van der Waals surface area contributed by atoms with E-state index in [4.69, 9.17) is 0 Å². The summed E-state index contributed by atoms with van der Waals surface area (Å²) < 4.78 is 0. The average molecular weight is 169 g/mol. The van der Waals surface area contributed by atoms with Gasteiger partial charge in [-0.25, -0.2) is 0 Å². The van der Waals surface area contributed by atoms with Crippen LogP contribution >= 0.6 is 0 Å². The van der Waals surface area contributed by atoms with Gasteiger partial charge in [-0.3, -0.25) is 0 Å². The summed E-state index contributed by atoms with van der Waals surface area (Å²) in [6.45, 7) is 9.58. The molecule has 0 radical (unpaired) electrons. The van der Waals surface area contributed by atoms with Gasteiger partial charge in [0.2, 0.25) is 0 Å². The zero-order chi connectivity index (χ0) is 9.03. The lowest BCUT2D eigenvalue weighted by Crippen LogP contribution is -2.43. The van der Waals surface area contributed by atoms with Gasteiger partial charge in [-0.1, -0.05) is 33.6 Å². The van der Waals surface area contributed by atoms with Crippen LogP contribution < -0.4 is 5.32 Å². The van der Waals surface area contributed by atoms with Crippen molar-refractivity contribution in [3.05, 3.63) is 0 Å². The lowest BCUT2D eigenvalue weighted by Gasteiger charge is -2.41. The first-order valence-electron chi connectivity index (χ1n) is 5.43. The SMILES string of the molecule is CCCC1(C)CCNCC1CC. The van der Waals surface area contributed by atoms with Crippen molar-refractivity contribution in [2.75, 3.05) is 13.1 Å². The van der Waals surface area contributed by atoms with Crippen molar-refractivity contribution in [1.29, 1.82) is 0 Å². The topological polar surface area (TPSA) is 12.0 Å². The summed E-state index contributed by atoms with van der Waals surface area (Å²) in [4.78, 5) is 0. The molecular formula is C11H23N. The van der Waals surface area contributed by atoms with Crippen LogP contribution in [0.2, 0.25) is 0 Å². The molecule has 1 aliphatic heterocycles. The monoisotopic (exact) mass is 169 g/mol. The summed E-state index contributed by atoms with van der Waals surface area (Å²) in [6, 6.07) is 0. The van der Waals surface area contributed by atoms with E-state index in [2.05, 4.69) is 26.1 Å². The summed E-state index contributed by atoms with van der Waals surface area (Å²) in [5.41, 5.74) is 0.634. The molecule has 1 saturated heterocycles. The molecule has 0 aliphatic carbocycles. The van der Waals surface area contributed by atoms with Crippen molar-refractivity contribution in [2.24, 2.45) is 11.3 Å². The standard InChI is InChI=1S/C11H23N/c1-4-6-11(3)7-8-12-9-10(11)5-2/h10,12H,4-9H2,1-3H3. The summed E-state index contributed by atoms with van der Waals surface area (Å²) in [6.07, 6.45) is 5.46. The van der Waals surface area contributed by atoms with E-state index in [9.17, 15) is 0 Å². The molecule has 1 N–H and O–H groups in total. The van der Waals surface area contributed by atoms with Crippen LogP contribution in [0.15, 0.2) is 0 Å². The van der Waals surface area contributed by atoms with Gasteiger partial charge in [0.1, 0.15) is 0 Å². The summed E-state index contributed by atoms with van der Waals surface area (Å²) >= 11 is 0. The molecule has 1 fully saturated rings. The Labute approximate surface area is 76.9 Å². The molecule has 1 rings (SSSR count). The predicted octanol–water partition coefficient (Wildman–Crippen LogP) is 2.81. The third kappa shape index (κ3) is 2.01. The molecule has 12 heavy (non-hydrogen) atoms. The molecule has 1 heterocycles. The highest BCUT2D eigenvalue weighted by atomic mass is 14.9. The van der Waals surface area contributed by atoms with Crippen molar-refractivity contribution in [2.45, 2.75) is 46.5 Å². The van der Waals surface area contributed by atoms with Crippen molar-refractivity contribution in [3.8, 4) is 0 Å². The molecule has 2 atom stereocenters. The van der Waals surface area contributed by atoms with Gasteiger partial charge < -0.3 is 5.32 Å². The minimum absolute atomic E-state index is 0.634. The van der Waals surface area contributed by atoms with Crippen LogP contribution in [0.4, 0.5) is 0 Å². The maximum absolute atomic E-state index is 3.50. The molecule has 0 aromatic heterocycles. The highest BCUT2D eigenvalue weighted by Gasteiger charge is 2.33. The van der Waals surface area contributed by atoms with E-state index in [-0.39, 0.29) is 0 Å². The van der Waals surface area contributed by atoms with Crippen LogP contribution in [0.5, 0.6) is 0 Å². The van der Waals surface area contributed by atoms with Crippen molar-refractivity contribution >= 4 is 0 Å². The van der Waals surface area contributed by atoms with Crippen LogP contribution in [0.1, 0.15) is 46.5 Å². The largest absolute Gasteiger partial charge is 0.316 e. The van der Waals surface area contributed by atoms with Gasteiger partial charge in [-0.05, 0) is 37.3 Å². The summed E-state index contributed by atoms with van der Waals surface area (Å²) in [5, 5.41) is 3.50. The number of rotatable bonds is 3. The molecule has 0 saturated carbocycles. The second kappa shape index (κ2) is 4.27. The number of nitrogens with one attached hydrogen (secondary N) is 1. The van der Waals surface area contributed by atoms with Gasteiger partial charge in [0.25, 0.3) is 0 Å². The summed E-state index contributed by atoms with van der Waals surface area (Å²) in [5.74, 6) is 0.909. The van der Waals surface area contributed by atoms with Gasteiger partial charge in [0.05, 0.1) is 0 Å². The van der Waals surface area contributed by atoms with E-state index in [1.54, 1.807) is 0 Å². The molecule has 1 heteroatoms. The number of hydrogen-bond donors (Lipinski definition) is 1. The van der Waals surface area contributed by atoms with Crippen LogP contribution in [-0.2, 0) is 0 Å². The van der Waals surface area contributed by atoms with Gasteiger partial charge in [0.15, 0.2) is 0 Å². The Morgan fingerprint density at radius 1 is 1.42 bits per heavy atom. The third-order valence-corrected chi connectivity index (χ3v) is 3.56. The van der Waals surface area contributed by atoms with Crippen molar-refractivity contribution < 1.29 is 0 Å². The predicted molar refractivity (Wildman–Crippen MR) is 54.3 cm³/mol. The first-order chi connectivity index (χ1) is 5.73. The Morgan fingerprint density at radius 2 is 2.17 bits per heavy atom. The minimum Gasteiger partial charge on any atom is -0.316 e. The Bertz CT molecular complexity index is 129. The fraction of sp³-hybridized carbons (Fsp3) is 1.00. The van der Waals surface area contributed by atoms with E-state index >= 15 is 0 Å². The quantitative estimate of drug-likeness (QED) is 0.685. The molecular weight excluding hydrogens is 146 g/mol. The lowest BCUT2D eigenvalue weighted by molar-refractivity contribution is 0.113. The van der Waals surface area contributed by atoms with Gasteiger partial charge in [-0.15, -0.1) is 0 Å². The Morgan fingerprint density at radius 3 is 2.75 bits per heavy atom. The van der Waals surface area contributed by atoms with Crippen LogP contribution in [0, 0.1) is 11.3 Å². The number of piperidine rings is 1. The second-order valence-electron chi connectivity index (χ2n) is 4.46. The van der Waals surface area contributed by atoms with Gasteiger partial charge >= 0.3 is 0 Å². The molecule has 0 bridgehead atoms. The highest BCUT2D eigenvalue weighted by molar-refractivity contribution is 4.87. The van der Waals surface area contributed by atoms with Crippen LogP contribution in [0.25, 0.3) is 0 Å². The molecule has 1 nitrogen and oxygen atoms in total. The zero-order valence-electron chi connectivity index (χ0n) is 8.82. The van der Waals surface area contributed by atoms with Crippen molar-refractivity contribution in [1.82, 2.24) is 5.32 Å². The fourth-order valence-electron chi connectivity index (χ4n) is 2.64. The molecule has 0 aromatic rings. The van der Waals surface area contributed by atoms with E-state index < -0.39 is 0 Å². The molecule has 72 valence electrons. The van der Waals surface area contributed by atoms with Crippen LogP contribution in [0.3, 0.4) is 0 Å². The van der Waals surface area contributed by atoms with Gasteiger partial charge in [0, 0.05) is 0 Å². The normalized spacial score (nSPS) is 36.8. The molecule has 0 aromatic carbocycles. The first kappa shape index (κ1) is 10.0. The Balaban J connectivity index is 2.55. The zero-order valence-corrected chi connectivity index (χ0v) is 8.82. The molecule has 0 amide bonds. The lowest BCUT2D eigenvalue weighted by atomic mass is 9.68. The van der Waals surface area contributed by atoms with E-state index in [0.717, 1.165) is 5.92 Å². The van der Waals surface area contributed by atoms with E-state index in [0.29, 0.717) is 5.41 Å². The van der Waals surface area contributed by atoms with Gasteiger partial charge in [-0.2, -0.15) is 0 Å². The van der Waals surface area contributed by atoms with E-state index in [1.165, 1.54) is 38.8 Å². The van der Waals surface area contributed by atoms with Crippen molar-refractivity contribution in [3.63, 3.8) is 0 Å². The average Bonchev–Trinajstić information content (AvgIpc) is 2.05. The maximum Gasteiger partial charge on any atom is -0.00154 e. The highest BCUT2D eigenvalue weighted by Crippen LogP contribution is 2.39. The first-order valence-corrected chi connectivity index (χ1v) is 5.43. The smallest absolute Gasteiger partial charge is 0.00154 e. The number of hydrogen-bond acceptors (Lipinski definition) is 1.